The Bertz CT molecular complexity index is 267. The lowest BCUT2D eigenvalue weighted by Gasteiger charge is -2.34. The van der Waals surface area contributed by atoms with Crippen molar-refractivity contribution in [3.8, 4) is 0 Å². The summed E-state index contributed by atoms with van der Waals surface area (Å²) in [6.07, 6.45) is 2.68. The zero-order valence-corrected chi connectivity index (χ0v) is 11.0. The summed E-state index contributed by atoms with van der Waals surface area (Å²) in [5.41, 5.74) is -1.36. The van der Waals surface area contributed by atoms with Gasteiger partial charge >= 0.3 is 5.97 Å². The van der Waals surface area contributed by atoms with Crippen LogP contribution >= 0.6 is 0 Å². The molecule has 0 aromatic heterocycles. The van der Waals surface area contributed by atoms with Crippen molar-refractivity contribution in [1.82, 2.24) is 0 Å². The second-order valence-electron chi connectivity index (χ2n) is 6.04. The van der Waals surface area contributed by atoms with Crippen molar-refractivity contribution < 1.29 is 14.6 Å². The van der Waals surface area contributed by atoms with Gasteiger partial charge in [-0.25, -0.2) is 0 Å². The third-order valence-corrected chi connectivity index (χ3v) is 3.58. The number of esters is 1. The minimum atomic E-state index is -0.873. The molecule has 0 bridgehead atoms. The molecule has 3 heteroatoms. The van der Waals surface area contributed by atoms with Gasteiger partial charge in [-0.3, -0.25) is 4.79 Å². The fourth-order valence-corrected chi connectivity index (χ4v) is 2.43. The molecule has 0 aliphatic heterocycles. The fourth-order valence-electron chi connectivity index (χ4n) is 2.43. The van der Waals surface area contributed by atoms with Crippen molar-refractivity contribution in [2.75, 3.05) is 0 Å². The zero-order chi connectivity index (χ0) is 12.6. The second-order valence-corrected chi connectivity index (χ2v) is 6.04. The van der Waals surface area contributed by atoms with Gasteiger partial charge < -0.3 is 9.84 Å². The summed E-state index contributed by atoms with van der Waals surface area (Å²) in [6.45, 7) is 9.32. The van der Waals surface area contributed by atoms with Gasteiger partial charge in [0.1, 0.15) is 5.60 Å². The molecule has 0 radical (unpaired) electrons. The van der Waals surface area contributed by atoms with Gasteiger partial charge in [0.05, 0.1) is 11.5 Å². The van der Waals surface area contributed by atoms with E-state index in [1.54, 1.807) is 6.92 Å². The fraction of sp³-hybridized carbons (Fsp3) is 0.923. The van der Waals surface area contributed by atoms with E-state index in [-0.39, 0.29) is 11.9 Å². The van der Waals surface area contributed by atoms with Crippen LogP contribution in [0.3, 0.4) is 0 Å². The molecule has 3 unspecified atom stereocenters. The molecule has 1 saturated carbocycles. The van der Waals surface area contributed by atoms with Crippen LogP contribution in [-0.4, -0.2) is 22.3 Å². The van der Waals surface area contributed by atoms with Gasteiger partial charge in [-0.1, -0.05) is 13.3 Å². The van der Waals surface area contributed by atoms with Crippen molar-refractivity contribution in [1.29, 1.82) is 0 Å². The van der Waals surface area contributed by atoms with Crippen LogP contribution in [0.5, 0.6) is 0 Å². The Morgan fingerprint density at radius 1 is 1.50 bits per heavy atom. The first kappa shape index (κ1) is 13.5. The second kappa shape index (κ2) is 4.36. The van der Waals surface area contributed by atoms with Gasteiger partial charge in [0, 0.05) is 0 Å². The first-order valence-electron chi connectivity index (χ1n) is 6.12. The van der Waals surface area contributed by atoms with Gasteiger partial charge in [0.25, 0.3) is 0 Å². The molecular formula is C13H24O3. The molecule has 1 aliphatic rings. The highest BCUT2D eigenvalue weighted by Crippen LogP contribution is 2.41. The molecule has 0 aromatic carbocycles. The van der Waals surface area contributed by atoms with Gasteiger partial charge in [0.2, 0.25) is 0 Å². The summed E-state index contributed by atoms with van der Waals surface area (Å²) in [4.78, 5) is 11.9. The molecule has 1 rings (SSSR count). The van der Waals surface area contributed by atoms with Gasteiger partial charge in [-0.05, 0) is 46.5 Å². The highest BCUT2D eigenvalue weighted by Gasteiger charge is 2.47. The summed E-state index contributed by atoms with van der Waals surface area (Å²) in [6, 6.07) is 0. The number of carbonyl (C=O) groups is 1. The van der Waals surface area contributed by atoms with Crippen LogP contribution in [0.2, 0.25) is 0 Å². The van der Waals surface area contributed by atoms with Crippen LogP contribution in [-0.2, 0) is 9.53 Å². The predicted molar refractivity (Wildman–Crippen MR) is 63.0 cm³/mol. The number of rotatable bonds is 2. The summed E-state index contributed by atoms with van der Waals surface area (Å²) in [5, 5.41) is 10.5. The highest BCUT2D eigenvalue weighted by atomic mass is 16.6. The van der Waals surface area contributed by atoms with E-state index in [0.717, 1.165) is 12.8 Å². The molecule has 0 spiro atoms. The lowest BCUT2D eigenvalue weighted by atomic mass is 9.81. The largest absolute Gasteiger partial charge is 0.460 e. The van der Waals surface area contributed by atoms with Gasteiger partial charge in [-0.2, -0.15) is 0 Å². The minimum Gasteiger partial charge on any atom is -0.460 e. The van der Waals surface area contributed by atoms with E-state index in [2.05, 4.69) is 0 Å². The molecule has 1 aliphatic carbocycles. The van der Waals surface area contributed by atoms with Crippen LogP contribution in [0, 0.1) is 11.8 Å². The molecule has 0 amide bonds. The third-order valence-electron chi connectivity index (χ3n) is 3.58. The molecule has 0 saturated heterocycles. The molecular weight excluding hydrogens is 204 g/mol. The van der Waals surface area contributed by atoms with Crippen molar-refractivity contribution in [3.05, 3.63) is 0 Å². The molecule has 16 heavy (non-hydrogen) atoms. The van der Waals surface area contributed by atoms with Crippen LogP contribution in [0.15, 0.2) is 0 Å². The highest BCUT2D eigenvalue weighted by molar-refractivity contribution is 5.74. The maximum atomic E-state index is 11.9. The molecule has 94 valence electrons. The van der Waals surface area contributed by atoms with Crippen molar-refractivity contribution in [3.63, 3.8) is 0 Å². The Morgan fingerprint density at radius 2 is 2.06 bits per heavy atom. The molecule has 3 nitrogen and oxygen atoms in total. The van der Waals surface area contributed by atoms with E-state index < -0.39 is 17.1 Å². The van der Waals surface area contributed by atoms with E-state index >= 15 is 0 Å². The van der Waals surface area contributed by atoms with Crippen LogP contribution < -0.4 is 0 Å². The van der Waals surface area contributed by atoms with Crippen molar-refractivity contribution >= 4 is 5.97 Å². The summed E-state index contributed by atoms with van der Waals surface area (Å²) >= 11 is 0. The Morgan fingerprint density at radius 3 is 2.44 bits per heavy atom. The minimum absolute atomic E-state index is 0.176. The number of aliphatic hydroxyl groups is 1. The Hall–Kier alpha value is -0.570. The molecule has 0 aromatic rings. The number of hydrogen-bond donors (Lipinski definition) is 1. The zero-order valence-electron chi connectivity index (χ0n) is 11.0. The normalized spacial score (nSPS) is 32.5. The standard InChI is InChI=1S/C13H24O3/c1-9-7-6-8-13(9,15)10(2)11(14)16-12(3,4)5/h9-10,15H,6-8H2,1-5H3. The third kappa shape index (κ3) is 2.76. The van der Waals surface area contributed by atoms with Crippen LogP contribution in [0.4, 0.5) is 0 Å². The molecule has 1 N–H and O–H groups in total. The number of ether oxygens (including phenoxy) is 1. The molecule has 0 heterocycles. The van der Waals surface area contributed by atoms with Crippen molar-refractivity contribution in [2.24, 2.45) is 11.8 Å². The lowest BCUT2D eigenvalue weighted by Crippen LogP contribution is -2.45. The monoisotopic (exact) mass is 228 g/mol. The molecule has 1 fully saturated rings. The van der Waals surface area contributed by atoms with Crippen molar-refractivity contribution in [2.45, 2.75) is 65.1 Å². The van der Waals surface area contributed by atoms with Gasteiger partial charge in [0.15, 0.2) is 0 Å². The summed E-state index contributed by atoms with van der Waals surface area (Å²) in [5.74, 6) is -0.553. The predicted octanol–water partition coefficient (Wildman–Crippen LogP) is 2.52. The Kier molecular flexibility index (Phi) is 3.68. The van der Waals surface area contributed by atoms with Gasteiger partial charge in [-0.15, -0.1) is 0 Å². The SMILES string of the molecule is CC1CCCC1(O)C(C)C(=O)OC(C)(C)C. The topological polar surface area (TPSA) is 46.5 Å². The first-order chi connectivity index (χ1) is 7.17. The maximum Gasteiger partial charge on any atom is 0.312 e. The van der Waals surface area contributed by atoms with E-state index in [9.17, 15) is 9.90 Å². The average Bonchev–Trinajstić information content (AvgIpc) is 2.44. The summed E-state index contributed by atoms with van der Waals surface area (Å²) in [7, 11) is 0. The Labute approximate surface area is 98.2 Å². The lowest BCUT2D eigenvalue weighted by molar-refractivity contribution is -0.171. The smallest absolute Gasteiger partial charge is 0.312 e. The molecule has 3 atom stereocenters. The quantitative estimate of drug-likeness (QED) is 0.739. The summed E-state index contributed by atoms with van der Waals surface area (Å²) < 4.78 is 5.33. The van der Waals surface area contributed by atoms with E-state index in [4.69, 9.17) is 4.74 Å². The first-order valence-corrected chi connectivity index (χ1v) is 6.12. The van der Waals surface area contributed by atoms with Crippen LogP contribution in [0.1, 0.15) is 53.9 Å². The average molecular weight is 228 g/mol. The maximum absolute atomic E-state index is 11.9. The van der Waals surface area contributed by atoms with E-state index in [1.807, 2.05) is 27.7 Å². The number of carbonyl (C=O) groups excluding carboxylic acids is 1. The van der Waals surface area contributed by atoms with Crippen LogP contribution in [0.25, 0.3) is 0 Å². The van der Waals surface area contributed by atoms with E-state index in [1.165, 1.54) is 0 Å². The number of hydrogen-bond acceptors (Lipinski definition) is 3. The Balaban J connectivity index is 2.70. The van der Waals surface area contributed by atoms with E-state index in [0.29, 0.717) is 6.42 Å².